The molecule has 1 heterocycles. The third-order valence-corrected chi connectivity index (χ3v) is 4.69. The third-order valence-electron chi connectivity index (χ3n) is 4.69. The maximum Gasteiger partial charge on any atom is 0.0762 e. The van der Waals surface area contributed by atoms with Crippen LogP contribution in [-0.2, 0) is 6.54 Å². The van der Waals surface area contributed by atoms with Crippen LogP contribution in [0.2, 0.25) is 0 Å². The van der Waals surface area contributed by atoms with E-state index in [0.29, 0.717) is 12.1 Å². The second-order valence-electron chi connectivity index (χ2n) is 5.97. The molecular weight excluding hydrogens is 234 g/mol. The van der Waals surface area contributed by atoms with Gasteiger partial charge in [0.1, 0.15) is 0 Å². The fourth-order valence-corrected chi connectivity index (χ4v) is 3.23. The van der Waals surface area contributed by atoms with Crippen LogP contribution in [0.3, 0.4) is 0 Å². The molecule has 1 aromatic rings. The van der Waals surface area contributed by atoms with E-state index in [4.69, 9.17) is 5.10 Å². The molecule has 3 heteroatoms. The first kappa shape index (κ1) is 14.6. The molecular formula is C16H29N3. The van der Waals surface area contributed by atoms with Crippen molar-refractivity contribution in [3.8, 4) is 0 Å². The number of hydrogen-bond acceptors (Lipinski definition) is 2. The molecule has 1 fully saturated rings. The van der Waals surface area contributed by atoms with Gasteiger partial charge in [0.25, 0.3) is 0 Å². The van der Waals surface area contributed by atoms with Crippen molar-refractivity contribution in [3.63, 3.8) is 0 Å². The van der Waals surface area contributed by atoms with Crippen LogP contribution in [0.4, 0.5) is 0 Å². The second-order valence-corrected chi connectivity index (χ2v) is 5.97. The molecule has 1 saturated carbocycles. The van der Waals surface area contributed by atoms with Crippen molar-refractivity contribution >= 4 is 0 Å². The van der Waals surface area contributed by atoms with E-state index in [2.05, 4.69) is 43.0 Å². The molecule has 1 aliphatic carbocycles. The smallest absolute Gasteiger partial charge is 0.0762 e. The fraction of sp³-hybridized carbons (Fsp3) is 0.812. The summed E-state index contributed by atoms with van der Waals surface area (Å²) in [5, 5.41) is 8.36. The standard InChI is InChI=1S/C16H29N3/c1-4-16(5-2)19-11-10-15(18-19)12-17-13(3)14-8-6-7-9-14/h10-11,13-14,16-17H,4-9,12H2,1-3H3/t13-/m1/s1. The monoisotopic (exact) mass is 263 g/mol. The average Bonchev–Trinajstić information content (AvgIpc) is 3.09. The normalized spacial score (nSPS) is 18.3. The summed E-state index contributed by atoms with van der Waals surface area (Å²) in [6, 6.07) is 3.34. The van der Waals surface area contributed by atoms with Crippen molar-refractivity contribution in [1.82, 2.24) is 15.1 Å². The van der Waals surface area contributed by atoms with E-state index in [1.54, 1.807) is 0 Å². The minimum Gasteiger partial charge on any atom is -0.308 e. The molecule has 108 valence electrons. The Morgan fingerprint density at radius 1 is 1.32 bits per heavy atom. The lowest BCUT2D eigenvalue weighted by molar-refractivity contribution is 0.375. The van der Waals surface area contributed by atoms with E-state index in [9.17, 15) is 0 Å². The zero-order valence-electron chi connectivity index (χ0n) is 12.7. The zero-order valence-corrected chi connectivity index (χ0v) is 12.7. The first-order valence-corrected chi connectivity index (χ1v) is 8.02. The Morgan fingerprint density at radius 3 is 2.63 bits per heavy atom. The molecule has 1 aromatic heterocycles. The summed E-state index contributed by atoms with van der Waals surface area (Å²) in [5.41, 5.74) is 1.18. The molecule has 19 heavy (non-hydrogen) atoms. The van der Waals surface area contributed by atoms with E-state index >= 15 is 0 Å². The molecule has 0 aromatic carbocycles. The summed E-state index contributed by atoms with van der Waals surface area (Å²) >= 11 is 0. The van der Waals surface area contributed by atoms with Crippen LogP contribution in [-0.4, -0.2) is 15.8 Å². The summed E-state index contributed by atoms with van der Waals surface area (Å²) < 4.78 is 2.14. The molecule has 1 N–H and O–H groups in total. The lowest BCUT2D eigenvalue weighted by Crippen LogP contribution is -2.31. The summed E-state index contributed by atoms with van der Waals surface area (Å²) in [7, 11) is 0. The van der Waals surface area contributed by atoms with Crippen molar-refractivity contribution in [2.75, 3.05) is 0 Å². The van der Waals surface area contributed by atoms with Gasteiger partial charge in [-0.1, -0.05) is 26.7 Å². The van der Waals surface area contributed by atoms with Crippen molar-refractivity contribution in [2.45, 2.75) is 77.9 Å². The van der Waals surface area contributed by atoms with Crippen molar-refractivity contribution in [2.24, 2.45) is 5.92 Å². The molecule has 2 rings (SSSR count). The molecule has 0 spiro atoms. The number of rotatable bonds is 7. The topological polar surface area (TPSA) is 29.9 Å². The van der Waals surface area contributed by atoms with Gasteiger partial charge in [-0.25, -0.2) is 0 Å². The van der Waals surface area contributed by atoms with Gasteiger partial charge in [0.2, 0.25) is 0 Å². The summed E-state index contributed by atoms with van der Waals surface area (Å²) in [4.78, 5) is 0. The lowest BCUT2D eigenvalue weighted by atomic mass is 10.00. The fourth-order valence-electron chi connectivity index (χ4n) is 3.23. The van der Waals surface area contributed by atoms with E-state index in [1.807, 2.05) is 0 Å². The van der Waals surface area contributed by atoms with E-state index in [1.165, 1.54) is 31.4 Å². The van der Waals surface area contributed by atoms with Crippen LogP contribution in [0.1, 0.15) is 71.0 Å². The minimum atomic E-state index is 0.556. The van der Waals surface area contributed by atoms with Gasteiger partial charge in [0.15, 0.2) is 0 Å². The highest BCUT2D eigenvalue weighted by Gasteiger charge is 2.21. The van der Waals surface area contributed by atoms with Gasteiger partial charge >= 0.3 is 0 Å². The number of hydrogen-bond donors (Lipinski definition) is 1. The van der Waals surface area contributed by atoms with E-state index < -0.39 is 0 Å². The van der Waals surface area contributed by atoms with Crippen LogP contribution < -0.4 is 5.32 Å². The number of aromatic nitrogens is 2. The van der Waals surface area contributed by atoms with E-state index in [0.717, 1.165) is 25.3 Å². The van der Waals surface area contributed by atoms with E-state index in [-0.39, 0.29) is 0 Å². The first-order chi connectivity index (χ1) is 9.24. The Kier molecular flexibility index (Phi) is 5.44. The molecule has 1 aliphatic rings. The van der Waals surface area contributed by atoms with Gasteiger partial charge < -0.3 is 5.32 Å². The van der Waals surface area contributed by atoms with Crippen LogP contribution in [0.25, 0.3) is 0 Å². The van der Waals surface area contributed by atoms with Crippen LogP contribution in [0.5, 0.6) is 0 Å². The zero-order chi connectivity index (χ0) is 13.7. The first-order valence-electron chi connectivity index (χ1n) is 8.02. The predicted molar refractivity (Wildman–Crippen MR) is 80.1 cm³/mol. The summed E-state index contributed by atoms with van der Waals surface area (Å²) in [6.07, 6.45) is 10.1. The maximum absolute atomic E-state index is 4.70. The quantitative estimate of drug-likeness (QED) is 0.808. The molecule has 1 atom stereocenters. The van der Waals surface area contributed by atoms with Gasteiger partial charge in [-0.05, 0) is 44.6 Å². The highest BCUT2D eigenvalue weighted by atomic mass is 15.3. The van der Waals surface area contributed by atoms with Gasteiger partial charge in [-0.3, -0.25) is 4.68 Å². The van der Waals surface area contributed by atoms with Crippen LogP contribution in [0, 0.1) is 5.92 Å². The molecule has 0 bridgehead atoms. The predicted octanol–water partition coefficient (Wildman–Crippen LogP) is 3.91. The molecule has 0 aliphatic heterocycles. The van der Waals surface area contributed by atoms with Crippen molar-refractivity contribution in [3.05, 3.63) is 18.0 Å². The third kappa shape index (κ3) is 3.82. The average molecular weight is 263 g/mol. The Bertz CT molecular complexity index is 362. The highest BCUT2D eigenvalue weighted by Crippen LogP contribution is 2.27. The molecule has 0 radical (unpaired) electrons. The Balaban J connectivity index is 1.82. The van der Waals surface area contributed by atoms with Crippen molar-refractivity contribution in [1.29, 1.82) is 0 Å². The maximum atomic E-state index is 4.70. The van der Waals surface area contributed by atoms with Crippen molar-refractivity contribution < 1.29 is 0 Å². The summed E-state index contributed by atoms with van der Waals surface area (Å²) in [6.45, 7) is 7.70. The molecule has 0 amide bonds. The molecule has 3 nitrogen and oxygen atoms in total. The van der Waals surface area contributed by atoms with Crippen LogP contribution in [0.15, 0.2) is 12.3 Å². The molecule has 0 saturated heterocycles. The lowest BCUT2D eigenvalue weighted by Gasteiger charge is -2.19. The van der Waals surface area contributed by atoms with Gasteiger partial charge in [-0.2, -0.15) is 5.10 Å². The van der Waals surface area contributed by atoms with Crippen LogP contribution >= 0.6 is 0 Å². The van der Waals surface area contributed by atoms with Gasteiger partial charge in [-0.15, -0.1) is 0 Å². The number of nitrogens with one attached hydrogen (secondary N) is 1. The second kappa shape index (κ2) is 7.09. The number of nitrogens with zero attached hydrogens (tertiary/aromatic N) is 2. The Morgan fingerprint density at radius 2 is 2.00 bits per heavy atom. The Hall–Kier alpha value is -0.830. The largest absolute Gasteiger partial charge is 0.308 e. The minimum absolute atomic E-state index is 0.556. The highest BCUT2D eigenvalue weighted by molar-refractivity contribution is 5.00. The van der Waals surface area contributed by atoms with Gasteiger partial charge in [0, 0.05) is 18.8 Å². The Labute approximate surface area is 117 Å². The SMILES string of the molecule is CCC(CC)n1ccc(CN[C@H](C)C2CCCC2)n1. The molecule has 0 unspecified atom stereocenters. The summed E-state index contributed by atoms with van der Waals surface area (Å²) in [5.74, 6) is 0.876. The van der Waals surface area contributed by atoms with Gasteiger partial charge in [0.05, 0.1) is 11.7 Å².